The monoisotopic (exact) mass is 391 g/mol. The maximum atomic E-state index is 12.6. The van der Waals surface area contributed by atoms with Crippen LogP contribution < -0.4 is 5.73 Å². The lowest BCUT2D eigenvalue weighted by Crippen LogP contribution is -2.50. The van der Waals surface area contributed by atoms with Crippen LogP contribution in [-0.2, 0) is 4.74 Å². The molecule has 2 atom stereocenters. The zero-order valence-corrected chi connectivity index (χ0v) is 16.5. The fraction of sp³-hybridized carbons (Fsp3) is 0.429. The van der Waals surface area contributed by atoms with Crippen LogP contribution in [0.2, 0.25) is 0 Å². The van der Waals surface area contributed by atoms with Gasteiger partial charge in [-0.05, 0) is 38.0 Å². The summed E-state index contributed by atoms with van der Waals surface area (Å²) in [5.74, 6) is -1.19. The third kappa shape index (κ3) is 3.22. The van der Waals surface area contributed by atoms with Crippen molar-refractivity contribution < 1.29 is 13.9 Å². The fourth-order valence-electron chi connectivity index (χ4n) is 3.98. The zero-order chi connectivity index (χ0) is 21.4. The number of hydrogen-bond acceptors (Lipinski definition) is 7. The number of furan rings is 1. The van der Waals surface area contributed by atoms with Gasteiger partial charge in [0.15, 0.2) is 5.41 Å². The normalized spacial score (nSPS) is 23.2. The summed E-state index contributed by atoms with van der Waals surface area (Å²) in [6, 6.07) is 7.79. The lowest BCUT2D eigenvalue weighted by atomic mass is 9.58. The van der Waals surface area contributed by atoms with Crippen LogP contribution in [-0.4, -0.2) is 29.7 Å². The predicted octanol–water partition coefficient (Wildman–Crippen LogP) is 2.94. The number of carbonyl (C=O) groups is 1. The third-order valence-electron chi connectivity index (χ3n) is 5.22. The number of amides is 1. The maximum Gasteiger partial charge on any atom is 0.410 e. The van der Waals surface area contributed by atoms with Crippen LogP contribution in [0.25, 0.3) is 0 Å². The quantitative estimate of drug-likeness (QED) is 0.776. The van der Waals surface area contributed by atoms with Gasteiger partial charge in [-0.3, -0.25) is 0 Å². The molecule has 1 amide bonds. The van der Waals surface area contributed by atoms with Gasteiger partial charge in [0.05, 0.1) is 35.9 Å². The fourth-order valence-corrected chi connectivity index (χ4v) is 3.98. The van der Waals surface area contributed by atoms with Crippen molar-refractivity contribution in [2.24, 2.45) is 17.1 Å². The average Bonchev–Trinajstić information content (AvgIpc) is 3.19. The first-order valence-corrected chi connectivity index (χ1v) is 9.11. The van der Waals surface area contributed by atoms with Crippen molar-refractivity contribution in [1.82, 2.24) is 4.90 Å². The van der Waals surface area contributed by atoms with Crippen LogP contribution in [0, 0.1) is 45.3 Å². The summed E-state index contributed by atoms with van der Waals surface area (Å²) in [6.45, 7) is 5.75. The summed E-state index contributed by atoms with van der Waals surface area (Å²) in [4.78, 5) is 14.1. The van der Waals surface area contributed by atoms with Crippen molar-refractivity contribution in [1.29, 1.82) is 15.8 Å². The van der Waals surface area contributed by atoms with Crippen LogP contribution in [0.5, 0.6) is 0 Å². The van der Waals surface area contributed by atoms with Crippen LogP contribution >= 0.6 is 0 Å². The van der Waals surface area contributed by atoms with Gasteiger partial charge in [-0.15, -0.1) is 0 Å². The Morgan fingerprint density at radius 3 is 2.55 bits per heavy atom. The molecule has 1 aliphatic heterocycles. The second-order valence-corrected chi connectivity index (χ2v) is 8.12. The lowest BCUT2D eigenvalue weighted by molar-refractivity contribution is 0.0224. The number of nitrogens with two attached hydrogens (primary N) is 1. The number of carbonyl (C=O) groups excluding carboxylic acids is 1. The van der Waals surface area contributed by atoms with Crippen molar-refractivity contribution in [3.63, 3.8) is 0 Å². The van der Waals surface area contributed by atoms with E-state index in [1.54, 1.807) is 32.9 Å². The molecule has 1 unspecified atom stereocenters. The first-order chi connectivity index (χ1) is 13.7. The Bertz CT molecular complexity index is 995. The number of fused-ring (bicyclic) bond motifs is 1. The number of nitriles is 3. The van der Waals surface area contributed by atoms with Crippen molar-refractivity contribution in [2.75, 3.05) is 13.1 Å². The molecule has 0 saturated carbocycles. The smallest absolute Gasteiger partial charge is 0.410 e. The van der Waals surface area contributed by atoms with E-state index in [9.17, 15) is 20.6 Å². The van der Waals surface area contributed by atoms with E-state index in [-0.39, 0.29) is 24.4 Å². The van der Waals surface area contributed by atoms with Crippen LogP contribution in [0.15, 0.2) is 45.9 Å². The highest BCUT2D eigenvalue weighted by molar-refractivity contribution is 5.70. The largest absolute Gasteiger partial charge is 0.472 e. The molecule has 1 aromatic heterocycles. The minimum absolute atomic E-state index is 0.0654. The molecular weight excluding hydrogens is 370 g/mol. The van der Waals surface area contributed by atoms with Gasteiger partial charge >= 0.3 is 6.09 Å². The number of allylic oxidation sites excluding steroid dienone is 2. The highest BCUT2D eigenvalue weighted by Crippen LogP contribution is 2.54. The molecule has 0 fully saturated rings. The van der Waals surface area contributed by atoms with E-state index >= 15 is 0 Å². The molecule has 8 heteroatoms. The summed E-state index contributed by atoms with van der Waals surface area (Å²) in [6.07, 6.45) is 4.16. The van der Waals surface area contributed by atoms with E-state index in [1.165, 1.54) is 17.4 Å². The van der Waals surface area contributed by atoms with Crippen LogP contribution in [0.1, 0.15) is 32.3 Å². The maximum absolute atomic E-state index is 12.6. The second-order valence-electron chi connectivity index (χ2n) is 8.12. The van der Waals surface area contributed by atoms with Gasteiger partial charge in [0.2, 0.25) is 0 Å². The Labute approximate surface area is 169 Å². The second kappa shape index (κ2) is 7.04. The molecule has 0 aromatic carbocycles. The molecule has 2 aliphatic rings. The Balaban J connectivity index is 2.14. The van der Waals surface area contributed by atoms with E-state index in [0.29, 0.717) is 11.1 Å². The van der Waals surface area contributed by atoms with Crippen LogP contribution in [0.3, 0.4) is 0 Å². The topological polar surface area (TPSA) is 140 Å². The SMILES string of the molecule is CC(C)(C)OC(=O)N1CC=C2C(C#N)=C(N)C(C#N)(C#N)C(c3ccoc3)[C@@H]2C1. The van der Waals surface area contributed by atoms with E-state index < -0.39 is 28.9 Å². The van der Waals surface area contributed by atoms with Gasteiger partial charge in [-0.2, -0.15) is 15.8 Å². The first-order valence-electron chi connectivity index (χ1n) is 9.11. The molecule has 8 nitrogen and oxygen atoms in total. The van der Waals surface area contributed by atoms with Crippen LogP contribution in [0.4, 0.5) is 4.79 Å². The van der Waals surface area contributed by atoms with E-state index in [2.05, 4.69) is 6.07 Å². The van der Waals surface area contributed by atoms with E-state index in [1.807, 2.05) is 12.1 Å². The predicted molar refractivity (Wildman–Crippen MR) is 101 cm³/mol. The molecule has 0 saturated heterocycles. The molecule has 0 spiro atoms. The lowest BCUT2D eigenvalue weighted by Gasteiger charge is -2.45. The van der Waals surface area contributed by atoms with Gasteiger partial charge in [0, 0.05) is 24.9 Å². The standard InChI is InChI=1S/C21H21N5O3/c1-20(2,3)29-19(27)26-6-4-14-15(8-22)18(25)21(11-23,12-24)17(16(14)9-26)13-5-7-28-10-13/h4-5,7,10,16-17H,6,9,25H2,1-3H3/t16-,17?/m1/s1. The highest BCUT2D eigenvalue weighted by Gasteiger charge is 2.55. The number of rotatable bonds is 1. The van der Waals surface area contributed by atoms with Crippen molar-refractivity contribution in [3.8, 4) is 18.2 Å². The molecule has 3 rings (SSSR count). The Hall–Kier alpha value is -3.70. The first kappa shape index (κ1) is 20.0. The molecule has 2 N–H and O–H groups in total. The highest BCUT2D eigenvalue weighted by atomic mass is 16.6. The molecule has 1 aromatic rings. The minimum atomic E-state index is -1.76. The van der Waals surface area contributed by atoms with Gasteiger partial charge in [-0.1, -0.05) is 6.08 Å². The molecule has 29 heavy (non-hydrogen) atoms. The van der Waals surface area contributed by atoms with Crippen molar-refractivity contribution in [3.05, 3.63) is 47.1 Å². The Morgan fingerprint density at radius 2 is 2.03 bits per heavy atom. The number of nitrogens with zero attached hydrogens (tertiary/aromatic N) is 4. The third-order valence-corrected chi connectivity index (χ3v) is 5.22. The van der Waals surface area contributed by atoms with E-state index in [0.717, 1.165) is 0 Å². The van der Waals surface area contributed by atoms with Gasteiger partial charge in [0.1, 0.15) is 11.7 Å². The Kier molecular flexibility index (Phi) is 4.86. The average molecular weight is 391 g/mol. The molecule has 0 bridgehead atoms. The summed E-state index contributed by atoms with van der Waals surface area (Å²) < 4.78 is 10.7. The van der Waals surface area contributed by atoms with Gasteiger partial charge < -0.3 is 19.8 Å². The summed E-state index contributed by atoms with van der Waals surface area (Å²) in [5.41, 5.74) is 5.09. The van der Waals surface area contributed by atoms with Gasteiger partial charge in [-0.25, -0.2) is 4.79 Å². The molecule has 1 aliphatic carbocycles. The van der Waals surface area contributed by atoms with E-state index in [4.69, 9.17) is 14.9 Å². The van der Waals surface area contributed by atoms with Gasteiger partial charge in [0.25, 0.3) is 0 Å². The molecule has 2 heterocycles. The minimum Gasteiger partial charge on any atom is -0.472 e. The molecular formula is C21H21N5O3. The summed E-state index contributed by atoms with van der Waals surface area (Å²) >= 11 is 0. The Morgan fingerprint density at radius 1 is 1.34 bits per heavy atom. The zero-order valence-electron chi connectivity index (χ0n) is 16.5. The number of hydrogen-bond donors (Lipinski definition) is 1. The molecule has 0 radical (unpaired) electrons. The van der Waals surface area contributed by atoms with Crippen molar-refractivity contribution >= 4 is 6.09 Å². The summed E-state index contributed by atoms with van der Waals surface area (Å²) in [5, 5.41) is 29.6. The summed E-state index contributed by atoms with van der Waals surface area (Å²) in [7, 11) is 0. The molecule has 148 valence electrons. The van der Waals surface area contributed by atoms with Crippen molar-refractivity contribution in [2.45, 2.75) is 32.3 Å². The number of ether oxygens (including phenoxy) is 1.